The van der Waals surface area contributed by atoms with Gasteiger partial charge in [-0.15, -0.1) is 0 Å². The largest absolute Gasteiger partial charge is 0.391 e. The molecule has 0 radical (unpaired) electrons. The van der Waals surface area contributed by atoms with Crippen molar-refractivity contribution in [1.82, 2.24) is 0 Å². The molecule has 0 unspecified atom stereocenters. The van der Waals surface area contributed by atoms with Crippen LogP contribution in [-0.2, 0) is 0 Å². The van der Waals surface area contributed by atoms with Crippen LogP contribution in [-0.4, -0.2) is 11.7 Å². The van der Waals surface area contributed by atoms with Gasteiger partial charge in [0.25, 0.3) is 0 Å². The highest BCUT2D eigenvalue weighted by Gasteiger charge is 1.90. The Kier molecular flexibility index (Phi) is 5.57. The Morgan fingerprint density at radius 3 is 2.00 bits per heavy atom. The van der Waals surface area contributed by atoms with Crippen LogP contribution in [0.15, 0.2) is 6.07 Å². The van der Waals surface area contributed by atoms with Crippen LogP contribution in [0.3, 0.4) is 0 Å². The molecule has 0 fully saturated rings. The van der Waals surface area contributed by atoms with Crippen LogP contribution in [0.2, 0.25) is 0 Å². The summed E-state index contributed by atoms with van der Waals surface area (Å²) in [6.45, 7) is 0.129. The summed E-state index contributed by atoms with van der Waals surface area (Å²) in [6.07, 6.45) is 0. The van der Waals surface area contributed by atoms with Crippen LogP contribution >= 0.6 is 61.1 Å². The minimum Gasteiger partial charge on any atom is -0.391 e. The maximum Gasteiger partial charge on any atom is 0.0754 e. The Morgan fingerprint density at radius 2 is 2.00 bits per heavy atom. The van der Waals surface area contributed by atoms with Gasteiger partial charge in [0, 0.05) is 3.58 Å². The first-order valence-corrected chi connectivity index (χ1v) is 4.44. The second kappa shape index (κ2) is 4.51. The highest BCUT2D eigenvalue weighted by atomic mass is 127. The van der Waals surface area contributed by atoms with Gasteiger partial charge in [0.2, 0.25) is 0 Å². The molecule has 0 amide bonds. The van der Waals surface area contributed by atoms with Crippen LogP contribution in [0, 0.1) is 0 Å². The molecule has 0 aromatic rings. The van der Waals surface area contributed by atoms with Crippen LogP contribution in [0.4, 0.5) is 0 Å². The molecule has 0 heterocycles. The van der Waals surface area contributed by atoms with Crippen LogP contribution in [0.5, 0.6) is 0 Å². The number of aliphatic hydroxyl groups is 1. The van der Waals surface area contributed by atoms with Gasteiger partial charge in [-0.05, 0) is 61.1 Å². The molecule has 42 valence electrons. The van der Waals surface area contributed by atoms with Crippen molar-refractivity contribution in [2.24, 2.45) is 0 Å². The fraction of sp³-hybridized carbons (Fsp3) is 0.333. The Labute approximate surface area is 78.0 Å². The van der Waals surface area contributed by atoms with Crippen LogP contribution in [0.1, 0.15) is 0 Å². The van der Waals surface area contributed by atoms with Crippen molar-refractivity contribution in [2.45, 2.75) is 0 Å². The Balaban J connectivity index is 3.72. The third kappa shape index (κ3) is 4.16. The third-order valence-corrected chi connectivity index (χ3v) is 4.13. The van der Waals surface area contributed by atoms with Crippen molar-refractivity contribution in [3.05, 3.63) is 6.07 Å². The number of hydrogen-bond acceptors (Lipinski definition) is 1. The van der Waals surface area contributed by atoms with Gasteiger partial charge in [-0.3, -0.25) is 0 Å². The normalized spacial score (nSPS) is 13.7. The number of rotatable bonds is 1. The van der Waals surface area contributed by atoms with E-state index in [4.69, 9.17) is 5.11 Å². The molecule has 0 spiro atoms. The van der Waals surface area contributed by atoms with Gasteiger partial charge >= 0.3 is 0 Å². The molecule has 0 saturated carbocycles. The fourth-order valence-electron chi connectivity index (χ4n) is 0.0598. The highest BCUT2D eigenvalue weighted by Crippen LogP contribution is 2.23. The molecule has 0 rings (SSSR count). The first-order valence-electron chi connectivity index (χ1n) is 1.49. The van der Waals surface area contributed by atoms with E-state index in [0.717, 1.165) is 6.07 Å². The zero-order valence-corrected chi connectivity index (χ0v) is 9.19. The molecule has 4 heteroatoms. The van der Waals surface area contributed by atoms with Crippen molar-refractivity contribution in [1.29, 1.82) is 0 Å². The van der Waals surface area contributed by atoms with E-state index in [1.807, 2.05) is 0 Å². The predicted octanol–water partition coefficient (Wildman–Crippen LogP) is 2.41. The number of aliphatic hydroxyl groups excluding tert-OH is 1. The second-order valence-corrected chi connectivity index (χ2v) is 5.48. The van der Waals surface area contributed by atoms with Crippen LogP contribution in [0.25, 0.3) is 0 Å². The summed E-state index contributed by atoms with van der Waals surface area (Å²) in [5.74, 6) is 0. The lowest BCUT2D eigenvalue weighted by Gasteiger charge is -1.88. The van der Waals surface area contributed by atoms with Gasteiger partial charge in [0.05, 0.1) is 9.10 Å². The first-order chi connectivity index (χ1) is 3.18. The van der Waals surface area contributed by atoms with Gasteiger partial charge < -0.3 is 5.11 Å². The fourth-order valence-corrected chi connectivity index (χ4v) is 0.356. The van der Waals surface area contributed by atoms with Gasteiger partial charge in [0.15, 0.2) is 0 Å². The molecule has 0 aromatic carbocycles. The molecule has 0 aliphatic carbocycles. The molecule has 1 N–H and O–H groups in total. The van der Waals surface area contributed by atoms with Crippen molar-refractivity contribution in [2.75, 3.05) is 6.61 Å². The van der Waals surface area contributed by atoms with Crippen molar-refractivity contribution < 1.29 is 5.11 Å². The molecular weight excluding hydrogens is 386 g/mol. The zero-order valence-electron chi connectivity index (χ0n) is 3.29. The summed E-state index contributed by atoms with van der Waals surface area (Å²) < 4.78 is 1.92. The van der Waals surface area contributed by atoms with Gasteiger partial charge in [-0.2, -0.15) is 0 Å². The molecule has 0 bridgehead atoms. The van der Waals surface area contributed by atoms with Gasteiger partial charge in [-0.1, -0.05) is 0 Å². The molecule has 0 saturated heterocycles. The van der Waals surface area contributed by atoms with E-state index in [9.17, 15) is 0 Å². The van der Waals surface area contributed by atoms with Gasteiger partial charge in [-0.25, -0.2) is 0 Å². The summed E-state index contributed by atoms with van der Waals surface area (Å²) in [7, 11) is 0. The highest BCUT2D eigenvalue weighted by molar-refractivity contribution is 14.1. The van der Waals surface area contributed by atoms with E-state index in [-0.39, 0.29) is 6.61 Å². The van der Waals surface area contributed by atoms with E-state index >= 15 is 0 Å². The monoisotopic (exact) mass is 388 g/mol. The minimum atomic E-state index is 0.129. The summed E-state index contributed by atoms with van der Waals surface area (Å²) in [5.41, 5.74) is 0. The second-order valence-electron chi connectivity index (χ2n) is 0.823. The molecule has 7 heavy (non-hydrogen) atoms. The van der Waals surface area contributed by atoms with E-state index in [0.29, 0.717) is 0 Å². The van der Waals surface area contributed by atoms with Crippen molar-refractivity contribution in [3.63, 3.8) is 0 Å². The van der Waals surface area contributed by atoms with E-state index in [2.05, 4.69) is 61.1 Å². The van der Waals surface area contributed by atoms with E-state index < -0.39 is 0 Å². The lowest BCUT2D eigenvalue weighted by atomic mass is 10.7. The van der Waals surface area contributed by atoms with E-state index in [1.165, 1.54) is 0 Å². The smallest absolute Gasteiger partial charge is 0.0754 e. The summed E-state index contributed by atoms with van der Waals surface area (Å²) in [6, 6.07) is 0. The first kappa shape index (κ1) is 8.64. The van der Waals surface area contributed by atoms with Crippen molar-refractivity contribution >= 4 is 61.1 Å². The Morgan fingerprint density at radius 1 is 1.57 bits per heavy atom. The minimum absolute atomic E-state index is 0.129. The van der Waals surface area contributed by atoms with Crippen LogP contribution < -0.4 is 0 Å². The third-order valence-electron chi connectivity index (χ3n) is 0.344. The standard InChI is InChI=1S/C3H3BrI2O/c4-3(6)2(5)1-7/h7H,1H2. The summed E-state index contributed by atoms with van der Waals surface area (Å²) in [5, 5.41) is 8.41. The Hall–Kier alpha value is 1.64. The maximum atomic E-state index is 8.41. The maximum absolute atomic E-state index is 8.41. The lowest BCUT2D eigenvalue weighted by Crippen LogP contribution is -1.77. The average molecular weight is 389 g/mol. The molecule has 0 aromatic heterocycles. The van der Waals surface area contributed by atoms with E-state index in [1.54, 1.807) is 0 Å². The molecular formula is C3H3BrI2O. The number of hydrogen-bond donors (Lipinski definition) is 1. The zero-order chi connectivity index (χ0) is 5.86. The molecule has 0 aliphatic rings. The van der Waals surface area contributed by atoms with Crippen molar-refractivity contribution in [3.8, 4) is 0 Å². The lowest BCUT2D eigenvalue weighted by molar-refractivity contribution is 0.341. The number of halogens is 3. The summed E-state index contributed by atoms with van der Waals surface area (Å²) in [4.78, 5) is 0. The molecule has 0 atom stereocenters. The topological polar surface area (TPSA) is 20.2 Å². The van der Waals surface area contributed by atoms with Gasteiger partial charge in [0.1, 0.15) is 0 Å². The quantitative estimate of drug-likeness (QED) is 0.684. The SMILES string of the molecule is OCC(I)=C(Br)I. The summed E-state index contributed by atoms with van der Waals surface area (Å²) >= 11 is 7.37. The molecule has 0 aliphatic heterocycles. The Bertz CT molecular complexity index is 86.9. The predicted molar refractivity (Wildman–Crippen MR) is 51.1 cm³/mol. The average Bonchev–Trinajstić information content (AvgIpc) is 1.65. The molecule has 1 nitrogen and oxygen atoms in total.